The second-order valence-corrected chi connectivity index (χ2v) is 9.10. The second kappa shape index (κ2) is 7.92. The zero-order valence-corrected chi connectivity index (χ0v) is 17.0. The fraction of sp³-hybridized carbons (Fsp3) is 0.350. The predicted molar refractivity (Wildman–Crippen MR) is 108 cm³/mol. The quantitative estimate of drug-likeness (QED) is 0.692. The monoisotopic (exact) mass is 413 g/mol. The number of hydrogen-bond donors (Lipinski definition) is 1. The highest BCUT2D eigenvalue weighted by Gasteiger charge is 2.30. The van der Waals surface area contributed by atoms with Gasteiger partial charge in [-0.1, -0.05) is 12.5 Å². The van der Waals surface area contributed by atoms with Gasteiger partial charge in [0.25, 0.3) is 5.91 Å². The molecule has 0 saturated carbocycles. The third-order valence-electron chi connectivity index (χ3n) is 5.26. The number of rotatable bonds is 5. The molecular formula is C20H23N5O3S. The Balaban J connectivity index is 1.45. The van der Waals surface area contributed by atoms with Crippen molar-refractivity contribution >= 4 is 21.6 Å². The van der Waals surface area contributed by atoms with Crippen molar-refractivity contribution in [2.75, 3.05) is 6.54 Å². The predicted octanol–water partition coefficient (Wildman–Crippen LogP) is 2.22. The van der Waals surface area contributed by atoms with Gasteiger partial charge in [0.1, 0.15) is 0 Å². The van der Waals surface area contributed by atoms with E-state index in [2.05, 4.69) is 15.5 Å². The Bertz CT molecular complexity index is 1120. The standard InChI is InChI=1S/C20H23N5O3S/c1-15-6-2-5-13-25(15)29(27,28)17-10-8-16(9-11-17)20(26)21-14-19-23-22-18-7-3-4-12-24(18)19/h3-4,7-12,15H,2,5-6,13-14H2,1H3,(H,21,26). The topological polar surface area (TPSA) is 96.7 Å². The first-order valence-corrected chi connectivity index (χ1v) is 11.1. The van der Waals surface area contributed by atoms with Crippen molar-refractivity contribution in [3.8, 4) is 0 Å². The zero-order chi connectivity index (χ0) is 20.4. The minimum absolute atomic E-state index is 0.00490. The Morgan fingerprint density at radius 1 is 1.14 bits per heavy atom. The van der Waals surface area contributed by atoms with E-state index in [1.54, 1.807) is 20.8 Å². The lowest BCUT2D eigenvalue weighted by molar-refractivity contribution is 0.0949. The molecule has 4 rings (SSSR count). The van der Waals surface area contributed by atoms with Gasteiger partial charge in [-0.3, -0.25) is 9.20 Å². The van der Waals surface area contributed by atoms with Crippen LogP contribution < -0.4 is 5.32 Å². The first kappa shape index (κ1) is 19.5. The molecule has 2 aromatic heterocycles. The van der Waals surface area contributed by atoms with Crippen molar-refractivity contribution in [3.63, 3.8) is 0 Å². The number of carbonyl (C=O) groups excluding carboxylic acids is 1. The summed E-state index contributed by atoms with van der Waals surface area (Å²) in [5.41, 5.74) is 1.10. The number of fused-ring (bicyclic) bond motifs is 1. The van der Waals surface area contributed by atoms with E-state index >= 15 is 0 Å². The van der Waals surface area contributed by atoms with Gasteiger partial charge in [0, 0.05) is 24.3 Å². The molecule has 0 aliphatic carbocycles. The van der Waals surface area contributed by atoms with E-state index < -0.39 is 10.0 Å². The number of nitrogens with zero attached hydrogens (tertiary/aromatic N) is 4. The summed E-state index contributed by atoms with van der Waals surface area (Å²) in [6.45, 7) is 2.69. The summed E-state index contributed by atoms with van der Waals surface area (Å²) in [6, 6.07) is 11.6. The van der Waals surface area contributed by atoms with Crippen molar-refractivity contribution in [1.82, 2.24) is 24.2 Å². The van der Waals surface area contributed by atoms with Gasteiger partial charge in [0.2, 0.25) is 10.0 Å². The van der Waals surface area contributed by atoms with Crippen LogP contribution in [0.2, 0.25) is 0 Å². The van der Waals surface area contributed by atoms with Crippen LogP contribution in [0.25, 0.3) is 5.65 Å². The molecule has 1 N–H and O–H groups in total. The van der Waals surface area contributed by atoms with E-state index in [1.165, 1.54) is 12.1 Å². The summed E-state index contributed by atoms with van der Waals surface area (Å²) >= 11 is 0. The normalized spacial score (nSPS) is 18.0. The molecule has 29 heavy (non-hydrogen) atoms. The van der Waals surface area contributed by atoms with Gasteiger partial charge in [-0.15, -0.1) is 10.2 Å². The van der Waals surface area contributed by atoms with E-state index in [0.29, 0.717) is 23.6 Å². The Kier molecular flexibility index (Phi) is 5.33. The van der Waals surface area contributed by atoms with Crippen LogP contribution in [0.4, 0.5) is 0 Å². The number of pyridine rings is 1. The number of hydrogen-bond acceptors (Lipinski definition) is 5. The van der Waals surface area contributed by atoms with Gasteiger partial charge in [-0.25, -0.2) is 8.42 Å². The molecule has 1 amide bonds. The van der Waals surface area contributed by atoms with Gasteiger partial charge in [0.15, 0.2) is 11.5 Å². The Morgan fingerprint density at radius 2 is 1.93 bits per heavy atom. The summed E-state index contributed by atoms with van der Waals surface area (Å²) in [4.78, 5) is 12.7. The summed E-state index contributed by atoms with van der Waals surface area (Å²) in [6.07, 6.45) is 4.63. The lowest BCUT2D eigenvalue weighted by atomic mass is 10.1. The average Bonchev–Trinajstić information content (AvgIpc) is 3.15. The third-order valence-corrected chi connectivity index (χ3v) is 7.28. The van der Waals surface area contributed by atoms with Crippen molar-refractivity contribution in [2.24, 2.45) is 0 Å². The van der Waals surface area contributed by atoms with E-state index in [4.69, 9.17) is 0 Å². The lowest BCUT2D eigenvalue weighted by Gasteiger charge is -2.32. The van der Waals surface area contributed by atoms with Crippen molar-refractivity contribution in [1.29, 1.82) is 0 Å². The van der Waals surface area contributed by atoms with E-state index in [0.717, 1.165) is 19.3 Å². The molecule has 0 spiro atoms. The van der Waals surface area contributed by atoms with Crippen LogP contribution in [0.15, 0.2) is 53.6 Å². The molecule has 1 unspecified atom stereocenters. The lowest BCUT2D eigenvalue weighted by Crippen LogP contribution is -2.41. The minimum Gasteiger partial charge on any atom is -0.345 e. The van der Waals surface area contributed by atoms with Gasteiger partial charge < -0.3 is 5.32 Å². The highest BCUT2D eigenvalue weighted by molar-refractivity contribution is 7.89. The van der Waals surface area contributed by atoms with Crippen LogP contribution in [-0.4, -0.2) is 45.8 Å². The van der Waals surface area contributed by atoms with Crippen LogP contribution in [-0.2, 0) is 16.6 Å². The SMILES string of the molecule is CC1CCCCN1S(=O)(=O)c1ccc(C(=O)NCc2nnc3ccccn23)cc1. The summed E-state index contributed by atoms with van der Waals surface area (Å²) < 4.78 is 29.1. The van der Waals surface area contributed by atoms with Gasteiger partial charge in [-0.2, -0.15) is 4.31 Å². The fourth-order valence-electron chi connectivity index (χ4n) is 3.62. The van der Waals surface area contributed by atoms with Crippen LogP contribution in [0.3, 0.4) is 0 Å². The van der Waals surface area contributed by atoms with Crippen molar-refractivity contribution < 1.29 is 13.2 Å². The van der Waals surface area contributed by atoms with E-state index in [1.807, 2.05) is 31.3 Å². The smallest absolute Gasteiger partial charge is 0.251 e. The average molecular weight is 414 g/mol. The van der Waals surface area contributed by atoms with Crippen molar-refractivity contribution in [3.05, 3.63) is 60.0 Å². The number of aromatic nitrogens is 3. The van der Waals surface area contributed by atoms with Crippen LogP contribution in [0.1, 0.15) is 42.4 Å². The number of amides is 1. The molecule has 152 valence electrons. The van der Waals surface area contributed by atoms with Gasteiger partial charge in [0.05, 0.1) is 11.4 Å². The zero-order valence-electron chi connectivity index (χ0n) is 16.2. The minimum atomic E-state index is -3.55. The second-order valence-electron chi connectivity index (χ2n) is 7.21. The summed E-state index contributed by atoms with van der Waals surface area (Å²) in [5.74, 6) is 0.320. The molecule has 1 aliphatic heterocycles. The van der Waals surface area contributed by atoms with Crippen LogP contribution in [0, 0.1) is 0 Å². The van der Waals surface area contributed by atoms with Gasteiger partial charge in [-0.05, 0) is 56.2 Å². The molecule has 3 aromatic rings. The molecule has 1 fully saturated rings. The molecule has 1 aromatic carbocycles. The Morgan fingerprint density at radius 3 is 2.69 bits per heavy atom. The molecule has 3 heterocycles. The maximum absolute atomic E-state index is 12.9. The first-order valence-electron chi connectivity index (χ1n) is 9.65. The number of carbonyl (C=O) groups is 1. The number of benzene rings is 1. The first-order chi connectivity index (χ1) is 14.0. The molecule has 0 bridgehead atoms. The Hall–Kier alpha value is -2.78. The number of piperidine rings is 1. The largest absolute Gasteiger partial charge is 0.345 e. The number of sulfonamides is 1. The molecule has 8 nitrogen and oxygen atoms in total. The van der Waals surface area contributed by atoms with Crippen LogP contribution in [0.5, 0.6) is 0 Å². The highest BCUT2D eigenvalue weighted by atomic mass is 32.2. The number of nitrogens with one attached hydrogen (secondary N) is 1. The molecule has 0 radical (unpaired) electrons. The molecule has 1 aliphatic rings. The Labute approximate surface area is 169 Å². The van der Waals surface area contributed by atoms with E-state index in [-0.39, 0.29) is 23.4 Å². The third kappa shape index (κ3) is 3.88. The van der Waals surface area contributed by atoms with Gasteiger partial charge >= 0.3 is 0 Å². The molecule has 9 heteroatoms. The fourth-order valence-corrected chi connectivity index (χ4v) is 5.31. The molecular weight excluding hydrogens is 390 g/mol. The summed E-state index contributed by atoms with van der Waals surface area (Å²) in [5, 5.41) is 10.9. The molecule has 1 saturated heterocycles. The highest BCUT2D eigenvalue weighted by Crippen LogP contribution is 2.25. The van der Waals surface area contributed by atoms with E-state index in [9.17, 15) is 13.2 Å². The van der Waals surface area contributed by atoms with Crippen LogP contribution >= 0.6 is 0 Å². The maximum atomic E-state index is 12.9. The van der Waals surface area contributed by atoms with Crippen molar-refractivity contribution in [2.45, 2.75) is 43.7 Å². The summed E-state index contributed by atoms with van der Waals surface area (Å²) in [7, 11) is -3.55. The maximum Gasteiger partial charge on any atom is 0.251 e. The molecule has 1 atom stereocenters.